The molecule has 4 heteroatoms. The van der Waals surface area contributed by atoms with Crippen LogP contribution >= 0.6 is 0 Å². The van der Waals surface area contributed by atoms with Crippen LogP contribution < -0.4 is 10.2 Å². The van der Waals surface area contributed by atoms with Crippen molar-refractivity contribution < 1.29 is 9.13 Å². The van der Waals surface area contributed by atoms with Crippen LogP contribution in [0.25, 0.3) is 0 Å². The molecule has 1 aliphatic heterocycles. The van der Waals surface area contributed by atoms with E-state index >= 15 is 0 Å². The maximum Gasteiger partial charge on any atom is 0.148 e. The number of morpholine rings is 1. The van der Waals surface area contributed by atoms with Crippen molar-refractivity contribution in [2.75, 3.05) is 43.1 Å². The van der Waals surface area contributed by atoms with Crippen molar-refractivity contribution in [2.45, 2.75) is 6.92 Å². The molecule has 1 aromatic rings. The van der Waals surface area contributed by atoms with Crippen LogP contribution in [0.3, 0.4) is 0 Å². The zero-order valence-corrected chi connectivity index (χ0v) is 9.50. The lowest BCUT2D eigenvalue weighted by molar-refractivity contribution is 0.122. The predicted octanol–water partition coefficient (Wildman–Crippen LogP) is 2.09. The summed E-state index contributed by atoms with van der Waals surface area (Å²) < 4.78 is 19.1. The first kappa shape index (κ1) is 11.2. The number of halogens is 1. The first-order valence-electron chi connectivity index (χ1n) is 5.67. The number of nitrogens with one attached hydrogen (secondary N) is 1. The number of rotatable bonds is 3. The van der Waals surface area contributed by atoms with E-state index < -0.39 is 0 Å². The first-order valence-corrected chi connectivity index (χ1v) is 5.67. The second-order valence-electron chi connectivity index (χ2n) is 3.80. The molecular formula is C12H17FN2O. The van der Waals surface area contributed by atoms with Crippen molar-refractivity contribution in [3.05, 3.63) is 24.0 Å². The quantitative estimate of drug-likeness (QED) is 0.851. The van der Waals surface area contributed by atoms with Gasteiger partial charge in [-0.25, -0.2) is 4.39 Å². The molecule has 1 aromatic carbocycles. The van der Waals surface area contributed by atoms with Gasteiger partial charge in [0.1, 0.15) is 5.82 Å². The van der Waals surface area contributed by atoms with E-state index in [9.17, 15) is 4.39 Å². The SMILES string of the molecule is CCNc1ccc(N2CCOCC2)c(F)c1. The van der Waals surface area contributed by atoms with Gasteiger partial charge in [-0.3, -0.25) is 0 Å². The van der Waals surface area contributed by atoms with Gasteiger partial charge in [0.25, 0.3) is 0 Å². The van der Waals surface area contributed by atoms with Crippen LogP contribution in [0.5, 0.6) is 0 Å². The normalized spacial score (nSPS) is 16.2. The number of nitrogens with zero attached hydrogens (tertiary/aromatic N) is 1. The highest BCUT2D eigenvalue weighted by Gasteiger charge is 2.14. The number of benzene rings is 1. The number of hydrogen-bond donors (Lipinski definition) is 1. The minimum Gasteiger partial charge on any atom is -0.385 e. The van der Waals surface area contributed by atoms with Gasteiger partial charge in [0.2, 0.25) is 0 Å². The maximum absolute atomic E-state index is 13.8. The molecule has 16 heavy (non-hydrogen) atoms. The van der Waals surface area contributed by atoms with E-state index in [4.69, 9.17) is 4.74 Å². The average Bonchev–Trinajstić information content (AvgIpc) is 2.31. The molecule has 1 heterocycles. The molecule has 88 valence electrons. The molecule has 3 nitrogen and oxygen atoms in total. The molecule has 0 aliphatic carbocycles. The molecule has 1 aliphatic rings. The molecule has 2 rings (SSSR count). The molecule has 1 N–H and O–H groups in total. The van der Waals surface area contributed by atoms with Crippen LogP contribution in [0, 0.1) is 5.82 Å². The van der Waals surface area contributed by atoms with Gasteiger partial charge in [0.15, 0.2) is 0 Å². The van der Waals surface area contributed by atoms with E-state index in [-0.39, 0.29) is 5.82 Å². The topological polar surface area (TPSA) is 24.5 Å². The number of anilines is 2. The molecule has 0 unspecified atom stereocenters. The fourth-order valence-electron chi connectivity index (χ4n) is 1.88. The van der Waals surface area contributed by atoms with Crippen LogP contribution in [-0.2, 0) is 4.74 Å². The van der Waals surface area contributed by atoms with E-state index in [1.54, 1.807) is 6.07 Å². The summed E-state index contributed by atoms with van der Waals surface area (Å²) in [7, 11) is 0. The molecule has 0 aromatic heterocycles. The van der Waals surface area contributed by atoms with Crippen LogP contribution in [0.2, 0.25) is 0 Å². The van der Waals surface area contributed by atoms with Gasteiger partial charge in [0, 0.05) is 25.3 Å². The van der Waals surface area contributed by atoms with E-state index in [0.717, 1.165) is 25.3 Å². The third-order valence-electron chi connectivity index (χ3n) is 2.68. The highest BCUT2D eigenvalue weighted by atomic mass is 19.1. The molecule has 0 bridgehead atoms. The summed E-state index contributed by atoms with van der Waals surface area (Å²) >= 11 is 0. The van der Waals surface area contributed by atoms with Gasteiger partial charge < -0.3 is 15.0 Å². The third-order valence-corrected chi connectivity index (χ3v) is 2.68. The van der Waals surface area contributed by atoms with Crippen molar-refractivity contribution in [1.29, 1.82) is 0 Å². The zero-order chi connectivity index (χ0) is 11.4. The van der Waals surface area contributed by atoms with Crippen molar-refractivity contribution in [2.24, 2.45) is 0 Å². The molecule has 0 saturated carbocycles. The van der Waals surface area contributed by atoms with Gasteiger partial charge in [-0.05, 0) is 25.1 Å². The Morgan fingerprint density at radius 1 is 1.38 bits per heavy atom. The Labute approximate surface area is 95.2 Å². The smallest absolute Gasteiger partial charge is 0.148 e. The fraction of sp³-hybridized carbons (Fsp3) is 0.500. The average molecular weight is 224 g/mol. The summed E-state index contributed by atoms with van der Waals surface area (Å²) in [5.74, 6) is -0.166. The predicted molar refractivity (Wildman–Crippen MR) is 63.6 cm³/mol. The lowest BCUT2D eigenvalue weighted by atomic mass is 10.2. The van der Waals surface area contributed by atoms with Gasteiger partial charge in [0.05, 0.1) is 18.9 Å². The van der Waals surface area contributed by atoms with Crippen LogP contribution in [0.15, 0.2) is 18.2 Å². The van der Waals surface area contributed by atoms with Crippen molar-refractivity contribution in [3.63, 3.8) is 0 Å². The van der Waals surface area contributed by atoms with E-state index in [1.807, 2.05) is 24.0 Å². The summed E-state index contributed by atoms with van der Waals surface area (Å²) in [6.45, 7) is 5.67. The highest BCUT2D eigenvalue weighted by Crippen LogP contribution is 2.23. The van der Waals surface area contributed by atoms with Crippen LogP contribution in [0.4, 0.5) is 15.8 Å². The Hall–Kier alpha value is -1.29. The monoisotopic (exact) mass is 224 g/mol. The number of hydrogen-bond acceptors (Lipinski definition) is 3. The molecule has 1 saturated heterocycles. The van der Waals surface area contributed by atoms with Crippen molar-refractivity contribution >= 4 is 11.4 Å². The first-order chi connectivity index (χ1) is 7.81. The molecule has 0 spiro atoms. The summed E-state index contributed by atoms with van der Waals surface area (Å²) in [6, 6.07) is 5.30. The maximum atomic E-state index is 13.8. The van der Waals surface area contributed by atoms with Gasteiger partial charge in [-0.1, -0.05) is 0 Å². The summed E-state index contributed by atoms with van der Waals surface area (Å²) in [5, 5.41) is 3.10. The molecule has 0 atom stereocenters. The summed E-state index contributed by atoms with van der Waals surface area (Å²) in [6.07, 6.45) is 0. The Morgan fingerprint density at radius 3 is 2.75 bits per heavy atom. The Balaban J connectivity index is 2.14. The van der Waals surface area contributed by atoms with Gasteiger partial charge in [-0.15, -0.1) is 0 Å². The summed E-state index contributed by atoms with van der Waals surface area (Å²) in [5.41, 5.74) is 1.50. The number of ether oxygens (including phenoxy) is 1. The zero-order valence-electron chi connectivity index (χ0n) is 9.50. The standard InChI is InChI=1S/C12H17FN2O/c1-2-14-10-3-4-12(11(13)9-10)15-5-7-16-8-6-15/h3-4,9,14H,2,5-8H2,1H3. The van der Waals surface area contributed by atoms with E-state index in [0.29, 0.717) is 18.9 Å². The van der Waals surface area contributed by atoms with Crippen molar-refractivity contribution in [1.82, 2.24) is 0 Å². The summed E-state index contributed by atoms with van der Waals surface area (Å²) in [4.78, 5) is 2.02. The lowest BCUT2D eigenvalue weighted by Gasteiger charge is -2.29. The second kappa shape index (κ2) is 5.16. The molecular weight excluding hydrogens is 207 g/mol. The Bertz CT molecular complexity index is 351. The molecule has 0 amide bonds. The van der Waals surface area contributed by atoms with Crippen LogP contribution in [0.1, 0.15) is 6.92 Å². The van der Waals surface area contributed by atoms with Crippen LogP contribution in [-0.4, -0.2) is 32.8 Å². The minimum absolute atomic E-state index is 0.166. The third kappa shape index (κ3) is 2.44. The lowest BCUT2D eigenvalue weighted by Crippen LogP contribution is -2.36. The largest absolute Gasteiger partial charge is 0.385 e. The highest BCUT2D eigenvalue weighted by molar-refractivity contribution is 5.56. The second-order valence-corrected chi connectivity index (χ2v) is 3.80. The Morgan fingerprint density at radius 2 is 2.12 bits per heavy atom. The fourth-order valence-corrected chi connectivity index (χ4v) is 1.88. The Kier molecular flexibility index (Phi) is 3.62. The van der Waals surface area contributed by atoms with Crippen molar-refractivity contribution in [3.8, 4) is 0 Å². The van der Waals surface area contributed by atoms with E-state index in [2.05, 4.69) is 5.32 Å². The van der Waals surface area contributed by atoms with E-state index in [1.165, 1.54) is 0 Å². The molecule has 1 fully saturated rings. The van der Waals surface area contributed by atoms with Gasteiger partial charge in [-0.2, -0.15) is 0 Å². The minimum atomic E-state index is -0.166. The molecule has 0 radical (unpaired) electrons. The van der Waals surface area contributed by atoms with Gasteiger partial charge >= 0.3 is 0 Å².